The van der Waals surface area contributed by atoms with Gasteiger partial charge >= 0.3 is 5.97 Å². The zero-order valence-electron chi connectivity index (χ0n) is 12.4. The third-order valence-corrected chi connectivity index (χ3v) is 2.73. The Labute approximate surface area is 119 Å². The topological polar surface area (TPSA) is 52.6 Å². The number of carbonyl (C=O) groups excluding carboxylic acids is 2. The molecule has 1 aromatic rings. The highest BCUT2D eigenvalue weighted by Crippen LogP contribution is 2.23. The van der Waals surface area contributed by atoms with Crippen molar-refractivity contribution >= 4 is 17.8 Å². The van der Waals surface area contributed by atoms with Gasteiger partial charge in [-0.05, 0) is 38.0 Å². The summed E-state index contributed by atoms with van der Waals surface area (Å²) in [5, 5.41) is 0. The first-order valence-electron chi connectivity index (χ1n) is 6.54. The summed E-state index contributed by atoms with van der Waals surface area (Å²) in [5.41, 5.74) is 1.74. The first-order chi connectivity index (χ1) is 9.49. The van der Waals surface area contributed by atoms with Crippen LogP contribution < -0.4 is 4.74 Å². The van der Waals surface area contributed by atoms with Crippen molar-refractivity contribution in [2.24, 2.45) is 0 Å². The normalized spacial score (nSPS) is 11.1. The van der Waals surface area contributed by atoms with Crippen LogP contribution in [0.5, 0.6) is 5.75 Å². The quantitative estimate of drug-likeness (QED) is 0.347. The van der Waals surface area contributed by atoms with E-state index in [2.05, 4.69) is 0 Å². The molecule has 0 radical (unpaired) electrons. The van der Waals surface area contributed by atoms with Gasteiger partial charge in [-0.15, -0.1) is 0 Å². The highest BCUT2D eigenvalue weighted by molar-refractivity contribution is 6.19. The minimum absolute atomic E-state index is 0.0283. The molecule has 4 nitrogen and oxygen atoms in total. The number of benzene rings is 1. The summed E-state index contributed by atoms with van der Waals surface area (Å²) in [4.78, 5) is 23.5. The van der Waals surface area contributed by atoms with Gasteiger partial charge in [-0.25, -0.2) is 4.79 Å². The maximum absolute atomic E-state index is 11.9. The van der Waals surface area contributed by atoms with Gasteiger partial charge in [-0.1, -0.05) is 19.1 Å². The minimum Gasteiger partial charge on any atom is -0.496 e. The van der Waals surface area contributed by atoms with Crippen LogP contribution in [-0.2, 0) is 14.3 Å². The van der Waals surface area contributed by atoms with Gasteiger partial charge in [0.2, 0.25) is 0 Å². The van der Waals surface area contributed by atoms with E-state index < -0.39 is 5.97 Å². The average Bonchev–Trinajstić information content (AvgIpc) is 2.42. The number of esters is 1. The smallest absolute Gasteiger partial charge is 0.341 e. The maximum Gasteiger partial charge on any atom is 0.341 e. The second kappa shape index (κ2) is 7.48. The molecule has 1 aromatic carbocycles. The Balaban J connectivity index is 3.14. The zero-order valence-corrected chi connectivity index (χ0v) is 12.4. The third-order valence-electron chi connectivity index (χ3n) is 2.73. The molecule has 0 atom stereocenters. The van der Waals surface area contributed by atoms with Crippen LogP contribution in [0.1, 0.15) is 31.4 Å². The molecular formula is C16H20O4. The molecule has 4 heteroatoms. The Morgan fingerprint density at radius 3 is 2.55 bits per heavy atom. The standard InChI is InChI=1S/C16H20O4/c1-5-8-20-16(18)14(12(3)17)10-13-7-6-11(2)9-15(13)19-4/h6-7,9-10H,5,8H2,1-4H3/b14-10+. The SMILES string of the molecule is CCCOC(=O)/C(=C/c1ccc(C)cc1OC)C(C)=O. The monoisotopic (exact) mass is 276 g/mol. The van der Waals surface area contributed by atoms with E-state index in [-0.39, 0.29) is 11.4 Å². The molecule has 0 unspecified atom stereocenters. The van der Waals surface area contributed by atoms with Crippen molar-refractivity contribution < 1.29 is 19.1 Å². The molecule has 0 saturated carbocycles. The first-order valence-corrected chi connectivity index (χ1v) is 6.54. The lowest BCUT2D eigenvalue weighted by Crippen LogP contribution is -2.14. The fourth-order valence-corrected chi connectivity index (χ4v) is 1.67. The average molecular weight is 276 g/mol. The summed E-state index contributed by atoms with van der Waals surface area (Å²) < 4.78 is 10.3. The molecule has 0 aliphatic rings. The molecule has 0 amide bonds. The van der Waals surface area contributed by atoms with Crippen LogP contribution in [0.4, 0.5) is 0 Å². The Morgan fingerprint density at radius 1 is 1.30 bits per heavy atom. The van der Waals surface area contributed by atoms with E-state index in [1.807, 2.05) is 32.0 Å². The number of hydrogen-bond donors (Lipinski definition) is 0. The highest BCUT2D eigenvalue weighted by Gasteiger charge is 2.16. The second-order valence-corrected chi connectivity index (χ2v) is 4.50. The number of ketones is 1. The molecule has 1 rings (SSSR count). The van der Waals surface area contributed by atoms with Gasteiger partial charge in [0, 0.05) is 5.56 Å². The van der Waals surface area contributed by atoms with Crippen molar-refractivity contribution in [1.82, 2.24) is 0 Å². The number of methoxy groups -OCH3 is 1. The minimum atomic E-state index is -0.595. The molecule has 0 spiro atoms. The van der Waals surface area contributed by atoms with Crippen molar-refractivity contribution in [2.75, 3.05) is 13.7 Å². The van der Waals surface area contributed by atoms with Crippen LogP contribution in [0.2, 0.25) is 0 Å². The van der Waals surface area contributed by atoms with Gasteiger partial charge in [0.05, 0.1) is 13.7 Å². The zero-order chi connectivity index (χ0) is 15.1. The number of Topliss-reactive ketones (excluding diaryl/α,β-unsaturated/α-hetero) is 1. The summed E-state index contributed by atoms with van der Waals surface area (Å²) >= 11 is 0. The summed E-state index contributed by atoms with van der Waals surface area (Å²) in [7, 11) is 1.55. The summed E-state index contributed by atoms with van der Waals surface area (Å²) in [5.74, 6) is -0.303. The molecule has 0 heterocycles. The largest absolute Gasteiger partial charge is 0.496 e. The van der Waals surface area contributed by atoms with Gasteiger partial charge in [0.15, 0.2) is 5.78 Å². The molecule has 0 saturated heterocycles. The fourth-order valence-electron chi connectivity index (χ4n) is 1.67. The van der Waals surface area contributed by atoms with Crippen LogP contribution in [0.25, 0.3) is 6.08 Å². The van der Waals surface area contributed by atoms with E-state index in [0.717, 1.165) is 5.56 Å². The van der Waals surface area contributed by atoms with Gasteiger partial charge in [0.1, 0.15) is 11.3 Å². The van der Waals surface area contributed by atoms with Crippen LogP contribution in [0, 0.1) is 6.92 Å². The maximum atomic E-state index is 11.9. The van der Waals surface area contributed by atoms with Crippen LogP contribution in [-0.4, -0.2) is 25.5 Å². The predicted molar refractivity (Wildman–Crippen MR) is 77.6 cm³/mol. The Hall–Kier alpha value is -2.10. The number of carbonyl (C=O) groups is 2. The van der Waals surface area contributed by atoms with Gasteiger partial charge in [-0.2, -0.15) is 0 Å². The van der Waals surface area contributed by atoms with Gasteiger partial charge < -0.3 is 9.47 Å². The molecule has 0 aliphatic carbocycles. The van der Waals surface area contributed by atoms with E-state index in [1.54, 1.807) is 7.11 Å². The Kier molecular flexibility index (Phi) is 5.97. The molecular weight excluding hydrogens is 256 g/mol. The number of rotatable bonds is 6. The van der Waals surface area contributed by atoms with Crippen molar-refractivity contribution in [1.29, 1.82) is 0 Å². The van der Waals surface area contributed by atoms with E-state index in [1.165, 1.54) is 13.0 Å². The predicted octanol–water partition coefficient (Wildman–Crippen LogP) is 2.93. The lowest BCUT2D eigenvalue weighted by atomic mass is 10.1. The van der Waals surface area contributed by atoms with Gasteiger partial charge in [0.25, 0.3) is 0 Å². The molecule has 0 fully saturated rings. The van der Waals surface area contributed by atoms with Gasteiger partial charge in [-0.3, -0.25) is 4.79 Å². The molecule has 20 heavy (non-hydrogen) atoms. The Morgan fingerprint density at radius 2 is 2.00 bits per heavy atom. The molecule has 0 bridgehead atoms. The molecule has 0 aliphatic heterocycles. The number of hydrogen-bond acceptors (Lipinski definition) is 4. The van der Waals surface area contributed by atoms with E-state index in [9.17, 15) is 9.59 Å². The van der Waals surface area contributed by atoms with E-state index >= 15 is 0 Å². The fraction of sp³-hybridized carbons (Fsp3) is 0.375. The summed E-state index contributed by atoms with van der Waals surface area (Å²) in [6.45, 7) is 5.49. The lowest BCUT2D eigenvalue weighted by molar-refractivity contribution is -0.140. The molecule has 0 aromatic heterocycles. The highest BCUT2D eigenvalue weighted by atomic mass is 16.5. The third kappa shape index (κ3) is 4.23. The van der Waals surface area contributed by atoms with Crippen molar-refractivity contribution in [2.45, 2.75) is 27.2 Å². The summed E-state index contributed by atoms with van der Waals surface area (Å²) in [6, 6.07) is 5.55. The van der Waals surface area contributed by atoms with Crippen LogP contribution in [0.15, 0.2) is 23.8 Å². The first kappa shape index (κ1) is 16.0. The number of aryl methyl sites for hydroxylation is 1. The Bertz CT molecular complexity index is 529. The number of ether oxygens (including phenoxy) is 2. The molecule has 0 N–H and O–H groups in total. The molecule has 108 valence electrons. The van der Waals surface area contributed by atoms with E-state index in [4.69, 9.17) is 9.47 Å². The van der Waals surface area contributed by atoms with E-state index in [0.29, 0.717) is 24.3 Å². The lowest BCUT2D eigenvalue weighted by Gasteiger charge is -2.08. The summed E-state index contributed by atoms with van der Waals surface area (Å²) in [6.07, 6.45) is 2.23. The van der Waals surface area contributed by atoms with Crippen molar-refractivity contribution in [3.8, 4) is 5.75 Å². The van der Waals surface area contributed by atoms with Crippen LogP contribution >= 0.6 is 0 Å². The van der Waals surface area contributed by atoms with Crippen molar-refractivity contribution in [3.05, 3.63) is 34.9 Å². The van der Waals surface area contributed by atoms with Crippen LogP contribution in [0.3, 0.4) is 0 Å². The second-order valence-electron chi connectivity index (χ2n) is 4.50. The van der Waals surface area contributed by atoms with Crippen molar-refractivity contribution in [3.63, 3.8) is 0 Å².